The Hall–Kier alpha value is -1.68. The number of aromatic hydroxyl groups is 1. The first-order valence-electron chi connectivity index (χ1n) is 5.96. The number of aryl methyl sites for hydroxylation is 1. The number of ether oxygens (including phenoxy) is 1. The highest BCUT2D eigenvalue weighted by atomic mass is 79.9. The molecule has 0 spiro atoms. The molecule has 0 aliphatic heterocycles. The van der Waals surface area contributed by atoms with E-state index in [1.165, 1.54) is 5.56 Å². The predicted octanol–water partition coefficient (Wildman–Crippen LogP) is 4.08. The van der Waals surface area contributed by atoms with Crippen molar-refractivity contribution in [3.8, 4) is 11.5 Å². The molecule has 3 nitrogen and oxygen atoms in total. The summed E-state index contributed by atoms with van der Waals surface area (Å²) < 4.78 is 6.10. The van der Waals surface area contributed by atoms with Crippen LogP contribution in [0, 0.1) is 6.92 Å². The lowest BCUT2D eigenvalue weighted by molar-refractivity contribution is 0.406. The molecule has 0 unspecified atom stereocenters. The van der Waals surface area contributed by atoms with Crippen LogP contribution in [0.1, 0.15) is 11.1 Å². The van der Waals surface area contributed by atoms with Crippen LogP contribution in [0.25, 0.3) is 0 Å². The van der Waals surface area contributed by atoms with E-state index in [1.54, 1.807) is 13.2 Å². The van der Waals surface area contributed by atoms with E-state index in [0.717, 1.165) is 15.7 Å². The van der Waals surface area contributed by atoms with E-state index in [1.807, 2.05) is 37.3 Å². The minimum atomic E-state index is 0.232. The number of anilines is 1. The van der Waals surface area contributed by atoms with Crippen molar-refractivity contribution in [3.63, 3.8) is 0 Å². The number of rotatable bonds is 4. The fourth-order valence-corrected chi connectivity index (χ4v) is 2.20. The van der Waals surface area contributed by atoms with E-state index < -0.39 is 0 Å². The smallest absolute Gasteiger partial charge is 0.124 e. The number of methoxy groups -OCH3 is 1. The van der Waals surface area contributed by atoms with Crippen molar-refractivity contribution in [1.82, 2.24) is 0 Å². The van der Waals surface area contributed by atoms with Crippen molar-refractivity contribution in [1.29, 1.82) is 0 Å². The van der Waals surface area contributed by atoms with Crippen molar-refractivity contribution in [3.05, 3.63) is 52.0 Å². The summed E-state index contributed by atoms with van der Waals surface area (Å²) in [7, 11) is 1.58. The van der Waals surface area contributed by atoms with Gasteiger partial charge in [0.1, 0.15) is 11.5 Å². The second-order valence-corrected chi connectivity index (χ2v) is 5.08. The van der Waals surface area contributed by atoms with Crippen molar-refractivity contribution < 1.29 is 9.84 Å². The second kappa shape index (κ2) is 5.97. The van der Waals surface area contributed by atoms with Crippen LogP contribution in [0.2, 0.25) is 0 Å². The van der Waals surface area contributed by atoms with Gasteiger partial charge in [-0.1, -0.05) is 12.1 Å². The van der Waals surface area contributed by atoms with Crippen LogP contribution >= 0.6 is 15.9 Å². The highest BCUT2D eigenvalue weighted by Gasteiger charge is 2.05. The normalized spacial score (nSPS) is 10.3. The Morgan fingerprint density at radius 2 is 2.05 bits per heavy atom. The Balaban J connectivity index is 2.12. The maximum Gasteiger partial charge on any atom is 0.124 e. The Morgan fingerprint density at radius 1 is 1.26 bits per heavy atom. The number of benzene rings is 2. The Labute approximate surface area is 121 Å². The number of phenols is 1. The first kappa shape index (κ1) is 13.7. The molecule has 2 N–H and O–H groups in total. The van der Waals surface area contributed by atoms with E-state index >= 15 is 0 Å². The monoisotopic (exact) mass is 321 g/mol. The highest BCUT2D eigenvalue weighted by molar-refractivity contribution is 9.10. The maximum atomic E-state index is 9.89. The fourth-order valence-electron chi connectivity index (χ4n) is 1.79. The van der Waals surface area contributed by atoms with E-state index in [-0.39, 0.29) is 5.75 Å². The molecule has 0 atom stereocenters. The van der Waals surface area contributed by atoms with Gasteiger partial charge in [0.2, 0.25) is 0 Å². The first-order chi connectivity index (χ1) is 9.11. The van der Waals surface area contributed by atoms with Gasteiger partial charge in [-0.05, 0) is 46.6 Å². The molecule has 0 saturated carbocycles. The molecule has 0 saturated heterocycles. The summed E-state index contributed by atoms with van der Waals surface area (Å²) in [6.45, 7) is 2.60. The zero-order valence-corrected chi connectivity index (χ0v) is 12.5. The average molecular weight is 322 g/mol. The van der Waals surface area contributed by atoms with Crippen LogP contribution in [0.15, 0.2) is 40.9 Å². The van der Waals surface area contributed by atoms with Crippen LogP contribution in [0.4, 0.5) is 5.69 Å². The number of hydrogen-bond donors (Lipinski definition) is 2. The summed E-state index contributed by atoms with van der Waals surface area (Å²) >= 11 is 3.55. The molecule has 0 amide bonds. The molecule has 0 heterocycles. The van der Waals surface area contributed by atoms with Gasteiger partial charge in [-0.25, -0.2) is 0 Å². The van der Waals surface area contributed by atoms with Crippen LogP contribution in [0.3, 0.4) is 0 Å². The van der Waals surface area contributed by atoms with Gasteiger partial charge in [0, 0.05) is 28.3 Å². The van der Waals surface area contributed by atoms with Gasteiger partial charge in [-0.15, -0.1) is 0 Å². The zero-order valence-electron chi connectivity index (χ0n) is 10.9. The predicted molar refractivity (Wildman–Crippen MR) is 80.9 cm³/mol. The SMILES string of the molecule is COc1ccc(CNc2cccc(C)c2Br)c(O)c1. The van der Waals surface area contributed by atoms with E-state index in [0.29, 0.717) is 12.3 Å². The Kier molecular flexibility index (Phi) is 4.32. The Morgan fingerprint density at radius 3 is 2.74 bits per heavy atom. The maximum absolute atomic E-state index is 9.89. The zero-order chi connectivity index (χ0) is 13.8. The molecular weight excluding hydrogens is 306 g/mol. The molecule has 0 aliphatic carbocycles. The molecule has 2 aromatic carbocycles. The molecule has 100 valence electrons. The van der Waals surface area contributed by atoms with Gasteiger partial charge < -0.3 is 15.2 Å². The lowest BCUT2D eigenvalue weighted by atomic mass is 10.1. The van der Waals surface area contributed by atoms with Crippen LogP contribution in [0.5, 0.6) is 11.5 Å². The molecule has 4 heteroatoms. The molecular formula is C15H16BrNO2. The molecule has 0 bridgehead atoms. The summed E-state index contributed by atoms with van der Waals surface area (Å²) in [4.78, 5) is 0. The van der Waals surface area contributed by atoms with E-state index in [4.69, 9.17) is 4.74 Å². The van der Waals surface area contributed by atoms with Crippen LogP contribution in [-0.2, 0) is 6.54 Å². The second-order valence-electron chi connectivity index (χ2n) is 4.28. The van der Waals surface area contributed by atoms with E-state index in [9.17, 15) is 5.11 Å². The van der Waals surface area contributed by atoms with Gasteiger partial charge in [0.15, 0.2) is 0 Å². The number of nitrogens with one attached hydrogen (secondary N) is 1. The lowest BCUT2D eigenvalue weighted by Crippen LogP contribution is -2.01. The van der Waals surface area contributed by atoms with Crippen molar-refractivity contribution in [2.75, 3.05) is 12.4 Å². The van der Waals surface area contributed by atoms with Crippen molar-refractivity contribution in [2.45, 2.75) is 13.5 Å². The molecule has 0 radical (unpaired) electrons. The summed E-state index contributed by atoms with van der Waals surface area (Å²) in [5, 5.41) is 13.2. The molecule has 19 heavy (non-hydrogen) atoms. The lowest BCUT2D eigenvalue weighted by Gasteiger charge is -2.12. The minimum Gasteiger partial charge on any atom is -0.507 e. The Bertz CT molecular complexity index is 584. The largest absolute Gasteiger partial charge is 0.507 e. The molecule has 0 fully saturated rings. The van der Waals surface area contributed by atoms with Gasteiger partial charge in [0.25, 0.3) is 0 Å². The summed E-state index contributed by atoms with van der Waals surface area (Å²) in [5.41, 5.74) is 3.01. The van der Waals surface area contributed by atoms with Gasteiger partial charge in [-0.2, -0.15) is 0 Å². The van der Waals surface area contributed by atoms with Gasteiger partial charge in [0.05, 0.1) is 7.11 Å². The van der Waals surface area contributed by atoms with Crippen molar-refractivity contribution in [2.24, 2.45) is 0 Å². The summed E-state index contributed by atoms with van der Waals surface area (Å²) in [6.07, 6.45) is 0. The fraction of sp³-hybridized carbons (Fsp3) is 0.200. The van der Waals surface area contributed by atoms with Crippen LogP contribution < -0.4 is 10.1 Å². The topological polar surface area (TPSA) is 41.5 Å². The molecule has 0 aliphatic rings. The first-order valence-corrected chi connectivity index (χ1v) is 6.76. The number of halogens is 1. The number of hydrogen-bond acceptors (Lipinski definition) is 3. The standard InChI is InChI=1S/C15H16BrNO2/c1-10-4-3-5-13(15(10)16)17-9-11-6-7-12(19-2)8-14(11)18/h3-8,17-18H,9H2,1-2H3. The van der Waals surface area contributed by atoms with E-state index in [2.05, 4.69) is 21.2 Å². The molecule has 2 rings (SSSR count). The number of phenolic OH excluding ortho intramolecular Hbond substituents is 1. The molecule has 0 aromatic heterocycles. The molecule has 2 aromatic rings. The highest BCUT2D eigenvalue weighted by Crippen LogP contribution is 2.28. The minimum absolute atomic E-state index is 0.232. The average Bonchev–Trinajstić information content (AvgIpc) is 2.41. The quantitative estimate of drug-likeness (QED) is 0.891. The van der Waals surface area contributed by atoms with Crippen LogP contribution in [-0.4, -0.2) is 12.2 Å². The summed E-state index contributed by atoms with van der Waals surface area (Å²) in [6, 6.07) is 11.3. The summed E-state index contributed by atoms with van der Waals surface area (Å²) in [5.74, 6) is 0.883. The third-order valence-corrected chi connectivity index (χ3v) is 4.01. The van der Waals surface area contributed by atoms with Crippen molar-refractivity contribution >= 4 is 21.6 Å². The third-order valence-electron chi connectivity index (χ3n) is 2.95. The van der Waals surface area contributed by atoms with Gasteiger partial charge >= 0.3 is 0 Å². The van der Waals surface area contributed by atoms with Gasteiger partial charge in [-0.3, -0.25) is 0 Å². The third kappa shape index (κ3) is 3.20.